The number of aryl methyl sites for hydroxylation is 1. The summed E-state index contributed by atoms with van der Waals surface area (Å²) in [6, 6.07) is 10.7. The van der Waals surface area contributed by atoms with Crippen molar-refractivity contribution < 1.29 is 17.6 Å². The van der Waals surface area contributed by atoms with Gasteiger partial charge in [-0.1, -0.05) is 24.3 Å². The molecule has 0 radical (unpaired) electrons. The van der Waals surface area contributed by atoms with Gasteiger partial charge in [0.2, 0.25) is 5.91 Å². The van der Waals surface area contributed by atoms with Gasteiger partial charge in [0, 0.05) is 13.0 Å². The number of hydrogen-bond donors (Lipinski definition) is 0. The first-order valence-corrected chi connectivity index (χ1v) is 13.0. The lowest BCUT2D eigenvalue weighted by molar-refractivity contribution is -0.118. The molecule has 3 aromatic rings. The molecule has 0 N–H and O–H groups in total. The average Bonchev–Trinajstić information content (AvgIpc) is 3.18. The Hall–Kier alpha value is -2.36. The van der Waals surface area contributed by atoms with E-state index in [0.717, 1.165) is 41.7 Å². The van der Waals surface area contributed by atoms with E-state index in [1.807, 2.05) is 31.1 Å². The molecule has 32 heavy (non-hydrogen) atoms. The number of anilines is 1. The highest BCUT2D eigenvalue weighted by molar-refractivity contribution is 7.91. The van der Waals surface area contributed by atoms with Crippen LogP contribution in [-0.2, 0) is 21.1 Å². The number of benzene rings is 2. The van der Waals surface area contributed by atoms with Gasteiger partial charge < -0.3 is 4.90 Å². The highest BCUT2D eigenvalue weighted by Crippen LogP contribution is 2.30. The molecule has 0 atom stereocenters. The maximum Gasteiger partial charge on any atom is 0.229 e. The van der Waals surface area contributed by atoms with Crippen LogP contribution >= 0.6 is 11.3 Å². The van der Waals surface area contributed by atoms with Crippen molar-refractivity contribution in [2.45, 2.75) is 31.1 Å². The SMILES string of the molecule is CCc1ccc2nc(N(CCCN(C)C)C(=O)CCS(=O)(=O)c3ccc(F)cc3)sc2c1. The van der Waals surface area contributed by atoms with Crippen LogP contribution in [0, 0.1) is 5.82 Å². The van der Waals surface area contributed by atoms with E-state index in [1.165, 1.54) is 29.0 Å². The molecule has 0 aliphatic carbocycles. The van der Waals surface area contributed by atoms with Crippen molar-refractivity contribution in [1.82, 2.24) is 9.88 Å². The van der Waals surface area contributed by atoms with Gasteiger partial charge in [0.15, 0.2) is 15.0 Å². The molecule has 0 saturated heterocycles. The normalized spacial score (nSPS) is 11.9. The van der Waals surface area contributed by atoms with Crippen molar-refractivity contribution in [3.8, 4) is 0 Å². The Balaban J connectivity index is 1.80. The molecule has 0 saturated carbocycles. The van der Waals surface area contributed by atoms with Crippen molar-refractivity contribution in [1.29, 1.82) is 0 Å². The van der Waals surface area contributed by atoms with Crippen LogP contribution in [-0.4, -0.2) is 57.1 Å². The minimum absolute atomic E-state index is 0.0120. The second-order valence-electron chi connectivity index (χ2n) is 7.88. The number of sulfone groups is 1. The molecular formula is C23H28FN3O3S2. The number of aromatic nitrogens is 1. The molecule has 172 valence electrons. The van der Waals surface area contributed by atoms with Crippen LogP contribution in [0.1, 0.15) is 25.3 Å². The Bertz CT molecular complexity index is 1170. The fourth-order valence-electron chi connectivity index (χ4n) is 3.28. The van der Waals surface area contributed by atoms with E-state index in [-0.39, 0.29) is 23.0 Å². The second kappa shape index (κ2) is 10.5. The first kappa shape index (κ1) is 24.3. The summed E-state index contributed by atoms with van der Waals surface area (Å²) >= 11 is 1.44. The second-order valence-corrected chi connectivity index (χ2v) is 11.0. The summed E-state index contributed by atoms with van der Waals surface area (Å²) in [5.74, 6) is -1.13. The molecule has 1 aromatic heterocycles. The van der Waals surface area contributed by atoms with Crippen molar-refractivity contribution in [2.75, 3.05) is 37.8 Å². The number of nitrogens with zero attached hydrogens (tertiary/aromatic N) is 3. The van der Waals surface area contributed by atoms with Crippen molar-refractivity contribution >= 4 is 42.4 Å². The molecule has 0 spiro atoms. The van der Waals surface area contributed by atoms with E-state index < -0.39 is 15.7 Å². The molecule has 1 amide bonds. The number of carbonyl (C=O) groups is 1. The van der Waals surface area contributed by atoms with Gasteiger partial charge in [-0.25, -0.2) is 17.8 Å². The zero-order valence-corrected chi connectivity index (χ0v) is 20.2. The first-order chi connectivity index (χ1) is 15.2. The number of thiazole rings is 1. The van der Waals surface area contributed by atoms with E-state index in [9.17, 15) is 17.6 Å². The maximum atomic E-state index is 13.1. The fourth-order valence-corrected chi connectivity index (χ4v) is 5.58. The van der Waals surface area contributed by atoms with Gasteiger partial charge >= 0.3 is 0 Å². The summed E-state index contributed by atoms with van der Waals surface area (Å²) in [6.07, 6.45) is 1.48. The molecule has 0 aliphatic heterocycles. The molecule has 2 aromatic carbocycles. The van der Waals surface area contributed by atoms with Crippen molar-refractivity contribution in [2.24, 2.45) is 0 Å². The van der Waals surface area contributed by atoms with Crippen LogP contribution in [0.2, 0.25) is 0 Å². The predicted molar refractivity (Wildman–Crippen MR) is 128 cm³/mol. The molecule has 0 fully saturated rings. The fraction of sp³-hybridized carbons (Fsp3) is 0.391. The quantitative estimate of drug-likeness (QED) is 0.411. The van der Waals surface area contributed by atoms with E-state index in [4.69, 9.17) is 0 Å². The highest BCUT2D eigenvalue weighted by atomic mass is 32.2. The minimum Gasteiger partial charge on any atom is -0.309 e. The van der Waals surface area contributed by atoms with Crippen LogP contribution in [0.4, 0.5) is 9.52 Å². The topological polar surface area (TPSA) is 70.6 Å². The van der Waals surface area contributed by atoms with Crippen LogP contribution in [0.5, 0.6) is 0 Å². The van der Waals surface area contributed by atoms with Gasteiger partial charge in [-0.3, -0.25) is 9.69 Å². The predicted octanol–water partition coefficient (Wildman–Crippen LogP) is 4.15. The lowest BCUT2D eigenvalue weighted by atomic mass is 10.2. The number of hydrogen-bond acceptors (Lipinski definition) is 6. The van der Waals surface area contributed by atoms with Gasteiger partial charge in [0.1, 0.15) is 5.82 Å². The summed E-state index contributed by atoms with van der Waals surface area (Å²) in [5.41, 5.74) is 2.02. The number of fused-ring (bicyclic) bond motifs is 1. The average molecular weight is 478 g/mol. The highest BCUT2D eigenvalue weighted by Gasteiger charge is 2.23. The number of rotatable bonds is 10. The third-order valence-electron chi connectivity index (χ3n) is 5.13. The summed E-state index contributed by atoms with van der Waals surface area (Å²) < 4.78 is 39.3. The number of carbonyl (C=O) groups excluding carboxylic acids is 1. The van der Waals surface area contributed by atoms with E-state index in [2.05, 4.69) is 18.0 Å². The van der Waals surface area contributed by atoms with Crippen LogP contribution in [0.3, 0.4) is 0 Å². The van der Waals surface area contributed by atoms with Gasteiger partial charge in [0.05, 0.1) is 20.9 Å². The van der Waals surface area contributed by atoms with Gasteiger partial charge in [-0.05, 0) is 75.4 Å². The Kier molecular flexibility index (Phi) is 7.97. The van der Waals surface area contributed by atoms with Gasteiger partial charge in [-0.15, -0.1) is 0 Å². The molecule has 1 heterocycles. The molecular weight excluding hydrogens is 449 g/mol. The zero-order valence-electron chi connectivity index (χ0n) is 18.5. The Morgan fingerprint density at radius 1 is 1.09 bits per heavy atom. The van der Waals surface area contributed by atoms with Crippen molar-refractivity contribution in [3.05, 3.63) is 53.8 Å². The third kappa shape index (κ3) is 6.11. The number of amides is 1. The molecule has 0 aliphatic rings. The van der Waals surface area contributed by atoms with Crippen molar-refractivity contribution in [3.63, 3.8) is 0 Å². The largest absolute Gasteiger partial charge is 0.309 e. The third-order valence-corrected chi connectivity index (χ3v) is 7.90. The van der Waals surface area contributed by atoms with Crippen LogP contribution in [0.25, 0.3) is 10.2 Å². The lowest BCUT2D eigenvalue weighted by Crippen LogP contribution is -2.34. The Morgan fingerprint density at radius 2 is 1.81 bits per heavy atom. The molecule has 0 bridgehead atoms. The Morgan fingerprint density at radius 3 is 2.47 bits per heavy atom. The molecule has 6 nitrogen and oxygen atoms in total. The van der Waals surface area contributed by atoms with Gasteiger partial charge in [-0.2, -0.15) is 0 Å². The number of halogens is 1. The Labute approximate surface area is 192 Å². The van der Waals surface area contributed by atoms with E-state index in [0.29, 0.717) is 11.7 Å². The molecule has 9 heteroatoms. The molecule has 0 unspecified atom stereocenters. The minimum atomic E-state index is -3.69. The van der Waals surface area contributed by atoms with Crippen LogP contribution < -0.4 is 4.90 Å². The van der Waals surface area contributed by atoms with E-state index >= 15 is 0 Å². The summed E-state index contributed by atoms with van der Waals surface area (Å²) in [7, 11) is 0.233. The maximum absolute atomic E-state index is 13.1. The summed E-state index contributed by atoms with van der Waals surface area (Å²) in [4.78, 5) is 21.4. The van der Waals surface area contributed by atoms with Gasteiger partial charge in [0.25, 0.3) is 0 Å². The standard InChI is InChI=1S/C23H28FN3O3S2/c1-4-17-6-11-20-21(16-17)31-23(25-20)27(14-5-13-26(2)3)22(28)12-15-32(29,30)19-9-7-18(24)8-10-19/h6-11,16H,4-5,12-15H2,1-3H3. The zero-order chi connectivity index (χ0) is 23.3. The summed E-state index contributed by atoms with van der Waals surface area (Å²) in [6.45, 7) is 3.33. The van der Waals surface area contributed by atoms with E-state index in [1.54, 1.807) is 4.90 Å². The monoisotopic (exact) mass is 477 g/mol. The first-order valence-electron chi connectivity index (χ1n) is 10.5. The smallest absolute Gasteiger partial charge is 0.229 e. The lowest BCUT2D eigenvalue weighted by Gasteiger charge is -2.21. The molecule has 3 rings (SSSR count). The summed E-state index contributed by atoms with van der Waals surface area (Å²) in [5, 5.41) is 0.580. The van der Waals surface area contributed by atoms with Crippen LogP contribution in [0.15, 0.2) is 47.4 Å².